The highest BCUT2D eigenvalue weighted by Crippen LogP contribution is 2.20. The molecule has 0 saturated heterocycles. The van der Waals surface area contributed by atoms with Crippen LogP contribution in [0.5, 0.6) is 0 Å². The summed E-state index contributed by atoms with van der Waals surface area (Å²) in [6.07, 6.45) is 5.47. The summed E-state index contributed by atoms with van der Waals surface area (Å²) < 4.78 is 5.31. The largest absolute Gasteiger partial charge is 0.381 e. The van der Waals surface area contributed by atoms with Crippen LogP contribution in [0.1, 0.15) is 17.7 Å². The summed E-state index contributed by atoms with van der Waals surface area (Å²) in [6.45, 7) is 0. The van der Waals surface area contributed by atoms with Crippen LogP contribution < -0.4 is 0 Å². The third-order valence-corrected chi connectivity index (χ3v) is 2.47. The van der Waals surface area contributed by atoms with E-state index in [0.29, 0.717) is 6.10 Å². The van der Waals surface area contributed by atoms with E-state index in [1.165, 1.54) is 11.3 Å². The second-order valence-corrected chi connectivity index (χ2v) is 3.21. The van der Waals surface area contributed by atoms with Gasteiger partial charge in [-0.1, -0.05) is 6.07 Å². The highest BCUT2D eigenvalue weighted by atomic mass is 16.5. The maximum absolute atomic E-state index is 5.31. The van der Waals surface area contributed by atoms with Gasteiger partial charge in [-0.05, 0) is 24.5 Å². The molecule has 0 fully saturated rings. The monoisotopic (exact) mass is 163 g/mol. The number of pyridine rings is 1. The maximum Gasteiger partial charge on any atom is 0.0630 e. The molecule has 0 radical (unpaired) electrons. The van der Waals surface area contributed by atoms with Crippen LogP contribution in [-0.2, 0) is 17.6 Å². The summed E-state index contributed by atoms with van der Waals surface area (Å²) in [6, 6.07) is 4.17. The highest BCUT2D eigenvalue weighted by Gasteiger charge is 2.17. The predicted octanol–water partition coefficient (Wildman–Crippen LogP) is 1.59. The van der Waals surface area contributed by atoms with E-state index in [1.807, 2.05) is 12.3 Å². The van der Waals surface area contributed by atoms with Gasteiger partial charge in [-0.2, -0.15) is 0 Å². The number of aromatic nitrogens is 1. The Morgan fingerprint density at radius 3 is 3.33 bits per heavy atom. The number of nitrogens with zero attached hydrogens (tertiary/aromatic N) is 1. The Labute approximate surface area is 72.6 Å². The molecule has 64 valence electrons. The summed E-state index contributed by atoms with van der Waals surface area (Å²) in [5.74, 6) is 0. The molecule has 2 rings (SSSR count). The molecule has 12 heavy (non-hydrogen) atoms. The number of rotatable bonds is 1. The van der Waals surface area contributed by atoms with Crippen molar-refractivity contribution in [3.05, 3.63) is 29.6 Å². The number of hydrogen-bond acceptors (Lipinski definition) is 2. The Kier molecular flexibility index (Phi) is 2.09. The first-order valence-corrected chi connectivity index (χ1v) is 4.35. The Morgan fingerprint density at radius 1 is 1.58 bits per heavy atom. The number of ether oxygens (including phenoxy) is 1. The molecule has 0 amide bonds. The van der Waals surface area contributed by atoms with Crippen molar-refractivity contribution < 1.29 is 4.74 Å². The van der Waals surface area contributed by atoms with E-state index in [-0.39, 0.29) is 0 Å². The zero-order valence-electron chi connectivity index (χ0n) is 7.29. The van der Waals surface area contributed by atoms with E-state index >= 15 is 0 Å². The van der Waals surface area contributed by atoms with Crippen LogP contribution >= 0.6 is 0 Å². The molecule has 2 heteroatoms. The average Bonchev–Trinajstić information content (AvgIpc) is 2.17. The topological polar surface area (TPSA) is 22.1 Å². The standard InChI is InChI=1S/C10H13NO/c1-12-9-5-4-8-3-2-6-11-10(8)7-9/h2-3,6,9H,4-5,7H2,1H3. The fraction of sp³-hybridized carbons (Fsp3) is 0.500. The molecule has 1 heterocycles. The van der Waals surface area contributed by atoms with E-state index in [0.717, 1.165) is 19.3 Å². The zero-order chi connectivity index (χ0) is 8.39. The molecule has 0 N–H and O–H groups in total. The molecule has 1 unspecified atom stereocenters. The minimum absolute atomic E-state index is 0.382. The molecule has 2 nitrogen and oxygen atoms in total. The smallest absolute Gasteiger partial charge is 0.0630 e. The lowest BCUT2D eigenvalue weighted by atomic mass is 9.94. The number of hydrogen-bond donors (Lipinski definition) is 0. The summed E-state index contributed by atoms with van der Waals surface area (Å²) in [5.41, 5.74) is 2.61. The van der Waals surface area contributed by atoms with Crippen LogP contribution in [-0.4, -0.2) is 18.2 Å². The second kappa shape index (κ2) is 3.23. The van der Waals surface area contributed by atoms with E-state index < -0.39 is 0 Å². The molecule has 1 aromatic heterocycles. The van der Waals surface area contributed by atoms with Gasteiger partial charge in [0.15, 0.2) is 0 Å². The molecule has 1 aliphatic carbocycles. The van der Waals surface area contributed by atoms with Gasteiger partial charge >= 0.3 is 0 Å². The van der Waals surface area contributed by atoms with Crippen molar-refractivity contribution >= 4 is 0 Å². The summed E-state index contributed by atoms with van der Waals surface area (Å²) >= 11 is 0. The fourth-order valence-corrected chi connectivity index (χ4v) is 1.72. The first kappa shape index (κ1) is 7.74. The van der Waals surface area contributed by atoms with E-state index in [1.54, 1.807) is 7.11 Å². The van der Waals surface area contributed by atoms with Gasteiger partial charge in [-0.15, -0.1) is 0 Å². The predicted molar refractivity (Wildman–Crippen MR) is 47.1 cm³/mol. The third kappa shape index (κ3) is 1.34. The van der Waals surface area contributed by atoms with Gasteiger partial charge in [0.1, 0.15) is 0 Å². The molecule has 1 aromatic rings. The van der Waals surface area contributed by atoms with Crippen molar-refractivity contribution in [2.24, 2.45) is 0 Å². The molecule has 1 atom stereocenters. The van der Waals surface area contributed by atoms with Gasteiger partial charge in [-0.25, -0.2) is 0 Å². The Hall–Kier alpha value is -0.890. The highest BCUT2D eigenvalue weighted by molar-refractivity contribution is 5.23. The molecule has 1 aliphatic rings. The number of aryl methyl sites for hydroxylation is 1. The van der Waals surface area contributed by atoms with Crippen LogP contribution in [0.15, 0.2) is 18.3 Å². The van der Waals surface area contributed by atoms with Crippen molar-refractivity contribution in [1.82, 2.24) is 4.98 Å². The van der Waals surface area contributed by atoms with Gasteiger partial charge in [-0.3, -0.25) is 4.98 Å². The van der Waals surface area contributed by atoms with Crippen molar-refractivity contribution in [3.8, 4) is 0 Å². The second-order valence-electron chi connectivity index (χ2n) is 3.21. The lowest BCUT2D eigenvalue weighted by Crippen LogP contribution is -2.21. The van der Waals surface area contributed by atoms with Crippen LogP contribution in [0.4, 0.5) is 0 Å². The lowest BCUT2D eigenvalue weighted by Gasteiger charge is -2.21. The van der Waals surface area contributed by atoms with E-state index in [9.17, 15) is 0 Å². The molecular weight excluding hydrogens is 150 g/mol. The molecular formula is C10H13NO. The Balaban J connectivity index is 2.23. The summed E-state index contributed by atoms with van der Waals surface area (Å²) in [5, 5.41) is 0. The van der Waals surface area contributed by atoms with Gasteiger partial charge in [0.05, 0.1) is 6.10 Å². The minimum Gasteiger partial charge on any atom is -0.381 e. The maximum atomic E-state index is 5.31. The number of methoxy groups -OCH3 is 1. The molecule has 0 saturated carbocycles. The van der Waals surface area contributed by atoms with Crippen LogP contribution in [0.3, 0.4) is 0 Å². The average molecular weight is 163 g/mol. The molecule has 0 aliphatic heterocycles. The summed E-state index contributed by atoms with van der Waals surface area (Å²) in [4.78, 5) is 4.34. The first-order chi connectivity index (χ1) is 5.90. The van der Waals surface area contributed by atoms with E-state index in [4.69, 9.17) is 4.74 Å². The van der Waals surface area contributed by atoms with Gasteiger partial charge in [0.25, 0.3) is 0 Å². The molecule has 0 bridgehead atoms. The van der Waals surface area contributed by atoms with Crippen molar-refractivity contribution in [1.29, 1.82) is 0 Å². The van der Waals surface area contributed by atoms with Gasteiger partial charge in [0.2, 0.25) is 0 Å². The van der Waals surface area contributed by atoms with Gasteiger partial charge in [0, 0.05) is 25.4 Å². The van der Waals surface area contributed by atoms with Crippen LogP contribution in [0.2, 0.25) is 0 Å². The zero-order valence-corrected chi connectivity index (χ0v) is 7.29. The minimum atomic E-state index is 0.382. The quantitative estimate of drug-likeness (QED) is 0.627. The summed E-state index contributed by atoms with van der Waals surface area (Å²) in [7, 11) is 1.78. The van der Waals surface area contributed by atoms with Crippen LogP contribution in [0.25, 0.3) is 0 Å². The first-order valence-electron chi connectivity index (χ1n) is 4.35. The Bertz CT molecular complexity index is 272. The Morgan fingerprint density at radius 2 is 2.50 bits per heavy atom. The van der Waals surface area contributed by atoms with Crippen molar-refractivity contribution in [2.75, 3.05) is 7.11 Å². The lowest BCUT2D eigenvalue weighted by molar-refractivity contribution is 0.0900. The van der Waals surface area contributed by atoms with Crippen molar-refractivity contribution in [3.63, 3.8) is 0 Å². The normalized spacial score (nSPS) is 21.9. The molecule has 0 spiro atoms. The van der Waals surface area contributed by atoms with Gasteiger partial charge < -0.3 is 4.74 Å². The number of fused-ring (bicyclic) bond motifs is 1. The van der Waals surface area contributed by atoms with Crippen LogP contribution in [0, 0.1) is 0 Å². The molecule has 0 aromatic carbocycles. The SMILES string of the molecule is COC1CCc2cccnc2C1. The van der Waals surface area contributed by atoms with Crippen molar-refractivity contribution in [2.45, 2.75) is 25.4 Å². The van der Waals surface area contributed by atoms with E-state index in [2.05, 4.69) is 11.1 Å². The third-order valence-electron chi connectivity index (χ3n) is 2.47. The fourth-order valence-electron chi connectivity index (χ4n) is 1.72.